The Morgan fingerprint density at radius 3 is 2.82 bits per heavy atom. The molecule has 1 aromatic carbocycles. The lowest BCUT2D eigenvalue weighted by atomic mass is 9.96. The molecule has 1 atom stereocenters. The second-order valence-corrected chi connectivity index (χ2v) is 4.46. The summed E-state index contributed by atoms with van der Waals surface area (Å²) >= 11 is 0. The van der Waals surface area contributed by atoms with E-state index in [1.54, 1.807) is 7.11 Å². The highest BCUT2D eigenvalue weighted by Gasteiger charge is 2.38. The van der Waals surface area contributed by atoms with Crippen LogP contribution in [0.15, 0.2) is 24.3 Å². The Hall–Kier alpha value is -1.26. The van der Waals surface area contributed by atoms with E-state index in [2.05, 4.69) is 18.0 Å². The highest BCUT2D eigenvalue weighted by Crippen LogP contribution is 2.34. The summed E-state index contributed by atoms with van der Waals surface area (Å²) in [5.41, 5.74) is 6.89. The molecule has 1 saturated heterocycles. The second-order valence-electron chi connectivity index (χ2n) is 4.46. The van der Waals surface area contributed by atoms with Crippen LogP contribution in [-0.4, -0.2) is 39.5 Å². The first-order chi connectivity index (χ1) is 8.23. The fourth-order valence-corrected chi connectivity index (χ4v) is 2.32. The summed E-state index contributed by atoms with van der Waals surface area (Å²) in [5.74, 6) is 0.870. The Balaban J connectivity index is 2.32. The van der Waals surface area contributed by atoms with Crippen LogP contribution >= 0.6 is 0 Å². The van der Waals surface area contributed by atoms with Gasteiger partial charge in [0.2, 0.25) is 0 Å². The molecule has 1 aliphatic rings. The largest absolute Gasteiger partial charge is 0.495 e. The van der Waals surface area contributed by atoms with Crippen LogP contribution < -0.4 is 15.4 Å². The summed E-state index contributed by atoms with van der Waals surface area (Å²) in [4.78, 5) is 2.19. The molecule has 1 fully saturated rings. The minimum absolute atomic E-state index is 0.103. The van der Waals surface area contributed by atoms with E-state index in [9.17, 15) is 0 Å². The first-order valence-corrected chi connectivity index (χ1v) is 5.88. The molecule has 1 unspecified atom stereocenters. The van der Waals surface area contributed by atoms with Gasteiger partial charge in [0, 0.05) is 20.2 Å². The maximum Gasteiger partial charge on any atom is 0.142 e. The van der Waals surface area contributed by atoms with Crippen molar-refractivity contribution in [2.45, 2.75) is 12.0 Å². The number of likely N-dealkylation sites (N-methyl/N-ethyl adjacent to an activating group) is 1. The molecule has 0 spiro atoms. The zero-order chi connectivity index (χ0) is 12.3. The minimum Gasteiger partial charge on any atom is -0.495 e. The molecule has 94 valence electrons. The normalized spacial score (nSPS) is 23.7. The van der Waals surface area contributed by atoms with E-state index in [0.29, 0.717) is 13.2 Å². The number of anilines is 1. The maximum absolute atomic E-state index is 5.94. The van der Waals surface area contributed by atoms with Crippen molar-refractivity contribution in [1.82, 2.24) is 0 Å². The first kappa shape index (κ1) is 12.2. The highest BCUT2D eigenvalue weighted by molar-refractivity contribution is 5.60. The molecule has 0 radical (unpaired) electrons. The quantitative estimate of drug-likeness (QED) is 0.854. The van der Waals surface area contributed by atoms with Crippen LogP contribution in [0.25, 0.3) is 0 Å². The fourth-order valence-electron chi connectivity index (χ4n) is 2.32. The molecule has 4 heteroatoms. The summed E-state index contributed by atoms with van der Waals surface area (Å²) in [6, 6.07) is 7.99. The average molecular weight is 236 g/mol. The number of benzene rings is 1. The molecule has 1 aromatic rings. The molecule has 17 heavy (non-hydrogen) atoms. The lowest BCUT2D eigenvalue weighted by Gasteiger charge is -2.38. The Kier molecular flexibility index (Phi) is 3.54. The van der Waals surface area contributed by atoms with E-state index < -0.39 is 0 Å². The SMILES string of the molecule is COc1ccccc1N(C)C1(CN)CCOC1. The molecule has 0 aliphatic carbocycles. The summed E-state index contributed by atoms with van der Waals surface area (Å²) in [6.07, 6.45) is 0.956. The Morgan fingerprint density at radius 2 is 2.24 bits per heavy atom. The van der Waals surface area contributed by atoms with Crippen molar-refractivity contribution in [1.29, 1.82) is 0 Å². The van der Waals surface area contributed by atoms with Crippen molar-refractivity contribution in [2.75, 3.05) is 38.8 Å². The topological polar surface area (TPSA) is 47.7 Å². The van der Waals surface area contributed by atoms with Gasteiger partial charge in [-0.1, -0.05) is 12.1 Å². The Bertz CT molecular complexity index is 375. The van der Waals surface area contributed by atoms with Gasteiger partial charge in [-0.05, 0) is 18.6 Å². The molecule has 0 saturated carbocycles. The van der Waals surface area contributed by atoms with Crippen LogP contribution in [0.2, 0.25) is 0 Å². The number of ether oxygens (including phenoxy) is 2. The molecule has 1 heterocycles. The number of para-hydroxylation sites is 2. The summed E-state index contributed by atoms with van der Waals surface area (Å²) < 4.78 is 10.9. The van der Waals surface area contributed by atoms with Crippen LogP contribution in [0, 0.1) is 0 Å². The number of methoxy groups -OCH3 is 1. The summed E-state index contributed by atoms with van der Waals surface area (Å²) in [5, 5.41) is 0. The van der Waals surface area contributed by atoms with Crippen molar-refractivity contribution >= 4 is 5.69 Å². The molecule has 2 N–H and O–H groups in total. The zero-order valence-corrected chi connectivity index (χ0v) is 10.5. The maximum atomic E-state index is 5.94. The van der Waals surface area contributed by atoms with E-state index in [-0.39, 0.29) is 5.54 Å². The van der Waals surface area contributed by atoms with E-state index >= 15 is 0 Å². The molecule has 1 aliphatic heterocycles. The number of hydrogen-bond acceptors (Lipinski definition) is 4. The Morgan fingerprint density at radius 1 is 1.47 bits per heavy atom. The molecule has 0 aromatic heterocycles. The first-order valence-electron chi connectivity index (χ1n) is 5.88. The van der Waals surface area contributed by atoms with Crippen molar-refractivity contribution in [2.24, 2.45) is 5.73 Å². The van der Waals surface area contributed by atoms with Gasteiger partial charge in [0.05, 0.1) is 24.9 Å². The lowest BCUT2D eigenvalue weighted by Crippen LogP contribution is -2.53. The van der Waals surface area contributed by atoms with E-state index in [4.69, 9.17) is 15.2 Å². The zero-order valence-electron chi connectivity index (χ0n) is 10.5. The summed E-state index contributed by atoms with van der Waals surface area (Å²) in [7, 11) is 3.74. The molecule has 2 rings (SSSR count). The van der Waals surface area contributed by atoms with Gasteiger partial charge in [-0.3, -0.25) is 0 Å². The second kappa shape index (κ2) is 4.94. The van der Waals surface area contributed by atoms with Gasteiger partial charge in [-0.25, -0.2) is 0 Å². The van der Waals surface area contributed by atoms with Gasteiger partial charge < -0.3 is 20.1 Å². The van der Waals surface area contributed by atoms with Crippen molar-refractivity contribution in [3.8, 4) is 5.75 Å². The van der Waals surface area contributed by atoms with Gasteiger partial charge in [0.1, 0.15) is 5.75 Å². The van der Waals surface area contributed by atoms with Crippen LogP contribution in [0.5, 0.6) is 5.75 Å². The average Bonchev–Trinajstić information content (AvgIpc) is 2.88. The van der Waals surface area contributed by atoms with Crippen molar-refractivity contribution in [3.05, 3.63) is 24.3 Å². The molecular weight excluding hydrogens is 216 g/mol. The third-order valence-corrected chi connectivity index (χ3v) is 3.62. The van der Waals surface area contributed by atoms with Crippen LogP contribution in [0.3, 0.4) is 0 Å². The Labute approximate surface area is 102 Å². The van der Waals surface area contributed by atoms with Gasteiger partial charge in [-0.2, -0.15) is 0 Å². The van der Waals surface area contributed by atoms with E-state index in [1.807, 2.05) is 18.2 Å². The molecule has 0 amide bonds. The molecular formula is C13H20N2O2. The predicted octanol–water partition coefficient (Wildman–Crippen LogP) is 1.25. The standard InChI is InChI=1S/C13H20N2O2/c1-15(13(9-14)7-8-17-10-13)11-5-3-4-6-12(11)16-2/h3-6H,7-10,14H2,1-2H3. The third-order valence-electron chi connectivity index (χ3n) is 3.62. The van der Waals surface area contributed by atoms with Gasteiger partial charge in [-0.15, -0.1) is 0 Å². The van der Waals surface area contributed by atoms with E-state index in [0.717, 1.165) is 24.5 Å². The summed E-state index contributed by atoms with van der Waals surface area (Å²) in [6.45, 7) is 2.04. The molecule has 4 nitrogen and oxygen atoms in total. The predicted molar refractivity (Wildman–Crippen MR) is 68.6 cm³/mol. The highest BCUT2D eigenvalue weighted by atomic mass is 16.5. The van der Waals surface area contributed by atoms with Crippen LogP contribution in [0.4, 0.5) is 5.69 Å². The van der Waals surface area contributed by atoms with Gasteiger partial charge >= 0.3 is 0 Å². The van der Waals surface area contributed by atoms with Gasteiger partial charge in [0.15, 0.2) is 0 Å². The molecule has 0 bridgehead atoms. The number of rotatable bonds is 4. The van der Waals surface area contributed by atoms with Gasteiger partial charge in [0.25, 0.3) is 0 Å². The van der Waals surface area contributed by atoms with Crippen LogP contribution in [0.1, 0.15) is 6.42 Å². The minimum atomic E-state index is -0.103. The fraction of sp³-hybridized carbons (Fsp3) is 0.538. The number of hydrogen-bond donors (Lipinski definition) is 1. The van der Waals surface area contributed by atoms with Crippen LogP contribution in [-0.2, 0) is 4.74 Å². The van der Waals surface area contributed by atoms with Crippen molar-refractivity contribution in [3.63, 3.8) is 0 Å². The lowest BCUT2D eigenvalue weighted by molar-refractivity contribution is 0.178. The van der Waals surface area contributed by atoms with Crippen molar-refractivity contribution < 1.29 is 9.47 Å². The van der Waals surface area contributed by atoms with E-state index in [1.165, 1.54) is 0 Å². The third kappa shape index (κ3) is 2.10. The smallest absolute Gasteiger partial charge is 0.142 e. The monoisotopic (exact) mass is 236 g/mol. The number of nitrogens with zero attached hydrogens (tertiary/aromatic N) is 1. The number of nitrogens with two attached hydrogens (primary N) is 1.